The molecule has 0 radical (unpaired) electrons. The number of phenolic OH excluding ortho intramolecular Hbond substituents is 1. The van der Waals surface area contributed by atoms with Crippen molar-refractivity contribution in [1.29, 1.82) is 5.26 Å². The average molecular weight is 321 g/mol. The molecule has 0 saturated heterocycles. The Morgan fingerprint density at radius 3 is 2.25 bits per heavy atom. The van der Waals surface area contributed by atoms with E-state index >= 15 is 0 Å². The zero-order valence-electron chi connectivity index (χ0n) is 13.8. The molecule has 0 atom stereocenters. The summed E-state index contributed by atoms with van der Waals surface area (Å²) in [6.07, 6.45) is 1.35. The normalized spacial score (nSPS) is 10.8. The van der Waals surface area contributed by atoms with Gasteiger partial charge in [0.2, 0.25) is 0 Å². The van der Waals surface area contributed by atoms with Gasteiger partial charge in [-0.2, -0.15) is 5.26 Å². The van der Waals surface area contributed by atoms with Crippen LogP contribution >= 0.6 is 0 Å². The number of nitriles is 1. The van der Waals surface area contributed by atoms with Crippen LogP contribution in [0.2, 0.25) is 0 Å². The van der Waals surface area contributed by atoms with E-state index in [0.717, 1.165) is 22.4 Å². The molecule has 1 amide bonds. The Morgan fingerprint density at radius 2 is 1.71 bits per heavy atom. The lowest BCUT2D eigenvalue weighted by atomic mass is 10.0. The number of benzene rings is 2. The van der Waals surface area contributed by atoms with Gasteiger partial charge in [-0.15, -0.1) is 0 Å². The summed E-state index contributed by atoms with van der Waals surface area (Å²) in [7, 11) is 0. The van der Waals surface area contributed by atoms with Crippen LogP contribution in [0, 0.1) is 32.1 Å². The quantitative estimate of drug-likeness (QED) is 0.454. The summed E-state index contributed by atoms with van der Waals surface area (Å²) in [4.78, 5) is 12.3. The fourth-order valence-electron chi connectivity index (χ4n) is 2.42. The lowest BCUT2D eigenvalue weighted by Gasteiger charge is -2.12. The summed E-state index contributed by atoms with van der Waals surface area (Å²) in [5.74, 6) is -0.327. The second kappa shape index (κ2) is 7.34. The maximum absolute atomic E-state index is 12.3. The zero-order valence-corrected chi connectivity index (χ0v) is 13.8. The number of hydrogen-bond acceptors (Lipinski definition) is 4. The van der Waals surface area contributed by atoms with Crippen molar-refractivity contribution in [3.8, 4) is 11.8 Å². The van der Waals surface area contributed by atoms with E-state index in [9.17, 15) is 15.2 Å². The van der Waals surface area contributed by atoms with Crippen LogP contribution in [-0.2, 0) is 4.79 Å². The summed E-state index contributed by atoms with van der Waals surface area (Å²) in [5.41, 5.74) is 4.36. The molecule has 2 aromatic carbocycles. The third kappa shape index (κ3) is 4.14. The molecule has 0 fully saturated rings. The zero-order chi connectivity index (χ0) is 17.7. The molecule has 0 saturated carbocycles. The molecule has 2 aromatic rings. The number of hydrogen-bond donors (Lipinski definition) is 3. The van der Waals surface area contributed by atoms with E-state index in [4.69, 9.17) is 0 Å². The van der Waals surface area contributed by atoms with E-state index in [2.05, 4.69) is 10.6 Å². The second-order valence-corrected chi connectivity index (χ2v) is 5.59. The van der Waals surface area contributed by atoms with Crippen molar-refractivity contribution in [2.75, 3.05) is 10.6 Å². The summed E-state index contributed by atoms with van der Waals surface area (Å²) in [5, 5.41) is 24.1. The van der Waals surface area contributed by atoms with Gasteiger partial charge in [0.15, 0.2) is 0 Å². The Balaban J connectivity index is 2.16. The van der Waals surface area contributed by atoms with Crippen molar-refractivity contribution in [2.24, 2.45) is 0 Å². The molecule has 0 spiro atoms. The van der Waals surface area contributed by atoms with Crippen molar-refractivity contribution in [1.82, 2.24) is 0 Å². The number of nitrogens with one attached hydrogen (secondary N) is 2. The van der Waals surface area contributed by atoms with Crippen molar-refractivity contribution in [3.05, 3.63) is 64.9 Å². The molecule has 0 unspecified atom stereocenters. The maximum Gasteiger partial charge on any atom is 0.267 e. The second-order valence-electron chi connectivity index (χ2n) is 5.59. The van der Waals surface area contributed by atoms with Crippen LogP contribution in [0.25, 0.3) is 0 Å². The number of anilines is 2. The van der Waals surface area contributed by atoms with Gasteiger partial charge in [0, 0.05) is 17.6 Å². The van der Waals surface area contributed by atoms with Gasteiger partial charge in [0.25, 0.3) is 5.91 Å². The fourth-order valence-corrected chi connectivity index (χ4v) is 2.42. The van der Waals surface area contributed by atoms with Crippen LogP contribution in [0.1, 0.15) is 16.7 Å². The van der Waals surface area contributed by atoms with Crippen LogP contribution < -0.4 is 10.6 Å². The Bertz CT molecular complexity index is 808. The van der Waals surface area contributed by atoms with Crippen LogP contribution in [0.15, 0.2) is 48.2 Å². The van der Waals surface area contributed by atoms with Crippen LogP contribution in [-0.4, -0.2) is 11.0 Å². The lowest BCUT2D eigenvalue weighted by molar-refractivity contribution is -0.112. The minimum absolute atomic E-state index is 0.0394. The van der Waals surface area contributed by atoms with Crippen molar-refractivity contribution in [2.45, 2.75) is 20.8 Å². The molecular formula is C19H19N3O2. The first-order valence-electron chi connectivity index (χ1n) is 7.45. The molecule has 122 valence electrons. The van der Waals surface area contributed by atoms with Gasteiger partial charge < -0.3 is 15.7 Å². The lowest BCUT2D eigenvalue weighted by Crippen LogP contribution is -2.16. The highest BCUT2D eigenvalue weighted by molar-refractivity contribution is 6.07. The first kappa shape index (κ1) is 17.1. The van der Waals surface area contributed by atoms with Crippen molar-refractivity contribution in [3.63, 3.8) is 0 Å². The van der Waals surface area contributed by atoms with Crippen LogP contribution in [0.3, 0.4) is 0 Å². The van der Waals surface area contributed by atoms with Gasteiger partial charge in [-0.1, -0.05) is 17.7 Å². The molecule has 2 rings (SSSR count). The standard InChI is InChI=1S/C19H19N3O2/c1-12-8-13(2)18(14(3)9-12)22-19(24)15(10-20)11-21-16-4-6-17(23)7-5-16/h4-9,11,21,23H,1-3H3,(H,22,24)/b15-11-. The fraction of sp³-hybridized carbons (Fsp3) is 0.158. The topological polar surface area (TPSA) is 85.2 Å². The third-order valence-electron chi connectivity index (χ3n) is 3.53. The number of aromatic hydroxyl groups is 1. The molecular weight excluding hydrogens is 302 g/mol. The van der Waals surface area contributed by atoms with Gasteiger partial charge in [-0.05, 0) is 56.2 Å². The largest absolute Gasteiger partial charge is 0.508 e. The van der Waals surface area contributed by atoms with E-state index in [1.54, 1.807) is 12.1 Å². The highest BCUT2D eigenvalue weighted by atomic mass is 16.3. The summed E-state index contributed by atoms with van der Waals surface area (Å²) in [6, 6.07) is 12.2. The van der Waals surface area contributed by atoms with E-state index in [0.29, 0.717) is 5.69 Å². The van der Waals surface area contributed by atoms with Gasteiger partial charge in [0.1, 0.15) is 17.4 Å². The first-order chi connectivity index (χ1) is 11.4. The van der Waals surface area contributed by atoms with Crippen molar-refractivity contribution < 1.29 is 9.90 Å². The molecule has 0 aliphatic rings. The van der Waals surface area contributed by atoms with Crippen LogP contribution in [0.4, 0.5) is 11.4 Å². The highest BCUT2D eigenvalue weighted by Gasteiger charge is 2.12. The van der Waals surface area contributed by atoms with Gasteiger partial charge in [-0.3, -0.25) is 4.79 Å². The van der Waals surface area contributed by atoms with E-state index in [1.807, 2.05) is 39.0 Å². The number of phenols is 1. The molecule has 5 heteroatoms. The predicted octanol–water partition coefficient (Wildman–Crippen LogP) is 3.78. The number of nitrogens with zero attached hydrogens (tertiary/aromatic N) is 1. The van der Waals surface area contributed by atoms with E-state index in [1.165, 1.54) is 18.3 Å². The molecule has 0 bridgehead atoms. The maximum atomic E-state index is 12.3. The molecule has 0 heterocycles. The summed E-state index contributed by atoms with van der Waals surface area (Å²) < 4.78 is 0. The third-order valence-corrected chi connectivity index (χ3v) is 3.53. The molecule has 24 heavy (non-hydrogen) atoms. The number of carbonyl (C=O) groups excluding carboxylic acids is 1. The monoisotopic (exact) mass is 321 g/mol. The van der Waals surface area contributed by atoms with E-state index < -0.39 is 5.91 Å². The Morgan fingerprint density at radius 1 is 1.12 bits per heavy atom. The SMILES string of the molecule is Cc1cc(C)c(NC(=O)/C(C#N)=C\Nc2ccc(O)cc2)c(C)c1. The molecule has 5 nitrogen and oxygen atoms in total. The number of aryl methyl sites for hydroxylation is 3. The Labute approximate surface area is 141 Å². The number of rotatable bonds is 4. The van der Waals surface area contributed by atoms with Gasteiger partial charge in [0.05, 0.1) is 0 Å². The molecule has 0 aliphatic heterocycles. The predicted molar refractivity (Wildman–Crippen MR) is 94.7 cm³/mol. The van der Waals surface area contributed by atoms with Crippen molar-refractivity contribution >= 4 is 17.3 Å². The highest BCUT2D eigenvalue weighted by Crippen LogP contribution is 2.22. The summed E-state index contributed by atoms with van der Waals surface area (Å²) >= 11 is 0. The number of amides is 1. The number of carbonyl (C=O) groups is 1. The minimum Gasteiger partial charge on any atom is -0.508 e. The van der Waals surface area contributed by atoms with Crippen LogP contribution in [0.5, 0.6) is 5.75 Å². The van der Waals surface area contributed by atoms with Gasteiger partial charge in [-0.25, -0.2) is 0 Å². The Hall–Kier alpha value is -3.26. The minimum atomic E-state index is -0.473. The molecule has 0 aromatic heterocycles. The molecule has 0 aliphatic carbocycles. The van der Waals surface area contributed by atoms with Gasteiger partial charge >= 0.3 is 0 Å². The Kier molecular flexibility index (Phi) is 5.23. The molecule has 3 N–H and O–H groups in total. The van der Waals surface area contributed by atoms with E-state index in [-0.39, 0.29) is 11.3 Å². The first-order valence-corrected chi connectivity index (χ1v) is 7.45. The smallest absolute Gasteiger partial charge is 0.267 e. The average Bonchev–Trinajstić information content (AvgIpc) is 2.53. The summed E-state index contributed by atoms with van der Waals surface area (Å²) in [6.45, 7) is 5.83.